The second-order valence-electron chi connectivity index (χ2n) is 8.58. The summed E-state index contributed by atoms with van der Waals surface area (Å²) in [6.07, 6.45) is 8.52. The van der Waals surface area contributed by atoms with Gasteiger partial charge in [0.2, 0.25) is 0 Å². The van der Waals surface area contributed by atoms with Crippen LogP contribution in [0, 0.1) is 5.92 Å². The summed E-state index contributed by atoms with van der Waals surface area (Å²) >= 11 is 0. The molecular formula is C24H25N7O3. The highest BCUT2D eigenvalue weighted by Crippen LogP contribution is 2.42. The molecule has 0 bridgehead atoms. The first-order chi connectivity index (χ1) is 16.6. The van der Waals surface area contributed by atoms with Crippen molar-refractivity contribution in [2.24, 2.45) is 5.92 Å². The minimum absolute atomic E-state index is 0.178. The number of unbranched alkanes of at least 4 members (excludes halogenated alkanes) is 1. The third kappa shape index (κ3) is 4.02. The van der Waals surface area contributed by atoms with E-state index in [-0.39, 0.29) is 11.7 Å². The van der Waals surface area contributed by atoms with E-state index < -0.39 is 11.9 Å². The number of tetrazole rings is 1. The lowest BCUT2D eigenvalue weighted by atomic mass is 9.96. The topological polar surface area (TPSA) is 132 Å². The molecule has 1 aliphatic carbocycles. The molecule has 1 aliphatic rings. The van der Waals surface area contributed by atoms with Crippen molar-refractivity contribution in [3.63, 3.8) is 0 Å². The number of carboxylic acids is 1. The third-order valence-electron chi connectivity index (χ3n) is 6.35. The summed E-state index contributed by atoms with van der Waals surface area (Å²) in [5.74, 6) is -0.796. The Morgan fingerprint density at radius 2 is 2.03 bits per heavy atom. The van der Waals surface area contributed by atoms with E-state index in [9.17, 15) is 14.7 Å². The van der Waals surface area contributed by atoms with Crippen LogP contribution in [0.4, 0.5) is 0 Å². The van der Waals surface area contributed by atoms with Gasteiger partial charge in [-0.25, -0.2) is 9.89 Å². The first-order valence-electron chi connectivity index (χ1n) is 11.4. The number of aromatic nitrogens is 7. The standard InChI is InChI=1S/C24H25N7O3/c1-2-3-6-16-14-31(21-11-20(21)23(32)33)24(34)30(16)13-15-12-25-10-9-17(15)18-7-4-5-8-19(18)22-26-28-29-27-22/h4-5,7-10,12,14,20-21H,2-3,6,11,13H2,1H3,(H,32,33)(H,26,27,28,29). The van der Waals surface area contributed by atoms with Crippen LogP contribution in [0.25, 0.3) is 22.5 Å². The Labute approximate surface area is 195 Å². The number of nitrogens with zero attached hydrogens (tertiary/aromatic N) is 6. The van der Waals surface area contributed by atoms with E-state index in [1.165, 1.54) is 0 Å². The number of imidazole rings is 1. The van der Waals surface area contributed by atoms with E-state index in [2.05, 4.69) is 32.5 Å². The molecule has 10 nitrogen and oxygen atoms in total. The molecule has 5 rings (SSSR count). The number of carbonyl (C=O) groups is 1. The molecule has 0 amide bonds. The minimum Gasteiger partial charge on any atom is -0.481 e. The predicted molar refractivity (Wildman–Crippen MR) is 124 cm³/mol. The molecule has 1 fully saturated rings. The highest BCUT2D eigenvalue weighted by molar-refractivity contribution is 5.81. The molecule has 0 radical (unpaired) electrons. The van der Waals surface area contributed by atoms with E-state index in [0.717, 1.165) is 47.2 Å². The fourth-order valence-electron chi connectivity index (χ4n) is 4.45. The molecule has 174 valence electrons. The monoisotopic (exact) mass is 459 g/mol. The molecule has 3 heterocycles. The van der Waals surface area contributed by atoms with Crippen LogP contribution in [0.2, 0.25) is 0 Å². The van der Waals surface area contributed by atoms with Gasteiger partial charge in [-0.2, -0.15) is 0 Å². The van der Waals surface area contributed by atoms with E-state index in [1.807, 2.05) is 36.5 Å². The van der Waals surface area contributed by atoms with Crippen LogP contribution in [0.15, 0.2) is 53.7 Å². The van der Waals surface area contributed by atoms with Crippen molar-refractivity contribution in [1.82, 2.24) is 34.7 Å². The van der Waals surface area contributed by atoms with Crippen LogP contribution in [-0.2, 0) is 17.8 Å². The van der Waals surface area contributed by atoms with Gasteiger partial charge < -0.3 is 5.11 Å². The lowest BCUT2D eigenvalue weighted by Crippen LogP contribution is -2.26. The summed E-state index contributed by atoms with van der Waals surface area (Å²) in [5.41, 5.74) is 4.31. The van der Waals surface area contributed by atoms with Gasteiger partial charge >= 0.3 is 11.7 Å². The van der Waals surface area contributed by atoms with Gasteiger partial charge in [0.05, 0.1) is 18.5 Å². The number of nitrogens with one attached hydrogen (secondary N) is 1. The Morgan fingerprint density at radius 3 is 2.74 bits per heavy atom. The van der Waals surface area contributed by atoms with E-state index in [1.54, 1.807) is 21.5 Å². The van der Waals surface area contributed by atoms with Crippen LogP contribution >= 0.6 is 0 Å². The van der Waals surface area contributed by atoms with Crippen molar-refractivity contribution in [1.29, 1.82) is 0 Å². The molecule has 2 N–H and O–H groups in total. The van der Waals surface area contributed by atoms with Crippen molar-refractivity contribution < 1.29 is 9.90 Å². The van der Waals surface area contributed by atoms with Crippen LogP contribution in [0.1, 0.15) is 43.5 Å². The van der Waals surface area contributed by atoms with E-state index >= 15 is 0 Å². The Kier molecular flexibility index (Phi) is 5.79. The summed E-state index contributed by atoms with van der Waals surface area (Å²) < 4.78 is 3.36. The van der Waals surface area contributed by atoms with E-state index in [4.69, 9.17) is 0 Å². The molecule has 1 aromatic carbocycles. The maximum Gasteiger partial charge on any atom is 0.328 e. The Hall–Kier alpha value is -4.08. The molecule has 3 aromatic heterocycles. The van der Waals surface area contributed by atoms with Gasteiger partial charge in [-0.15, -0.1) is 5.10 Å². The molecule has 34 heavy (non-hydrogen) atoms. The molecule has 2 unspecified atom stereocenters. The van der Waals surface area contributed by atoms with Gasteiger partial charge in [0.15, 0.2) is 5.82 Å². The molecule has 0 saturated heterocycles. The maximum absolute atomic E-state index is 13.4. The number of H-pyrrole nitrogens is 1. The Bertz CT molecular complexity index is 1370. The number of carboxylic acid groups (broad SMARTS) is 1. The van der Waals surface area contributed by atoms with Crippen LogP contribution in [0.3, 0.4) is 0 Å². The number of benzene rings is 1. The number of hydrogen-bond acceptors (Lipinski definition) is 6. The van der Waals surface area contributed by atoms with E-state index in [0.29, 0.717) is 18.8 Å². The number of aliphatic carboxylic acids is 1. The molecule has 1 saturated carbocycles. The maximum atomic E-state index is 13.4. The summed E-state index contributed by atoms with van der Waals surface area (Å²) in [6, 6.07) is 9.44. The predicted octanol–water partition coefficient (Wildman–Crippen LogP) is 2.93. The van der Waals surface area contributed by atoms with Gasteiger partial charge in [0, 0.05) is 29.8 Å². The van der Waals surface area contributed by atoms with Crippen molar-refractivity contribution in [3.05, 3.63) is 70.7 Å². The van der Waals surface area contributed by atoms with Crippen molar-refractivity contribution in [3.8, 4) is 22.5 Å². The highest BCUT2D eigenvalue weighted by Gasteiger charge is 2.46. The summed E-state index contributed by atoms with van der Waals surface area (Å²) in [4.78, 5) is 29.1. The SMILES string of the molecule is CCCCc1cn(C2CC2C(=O)O)c(=O)n1Cc1cnccc1-c1ccccc1-c1nnn[nH]1. The average molecular weight is 460 g/mol. The zero-order chi connectivity index (χ0) is 23.7. The van der Waals surface area contributed by atoms with Crippen LogP contribution in [-0.4, -0.2) is 45.8 Å². The van der Waals surface area contributed by atoms with Gasteiger partial charge in [0.25, 0.3) is 0 Å². The number of aromatic amines is 1. The van der Waals surface area contributed by atoms with Gasteiger partial charge in [-0.05, 0) is 52.4 Å². The summed E-state index contributed by atoms with van der Waals surface area (Å²) in [5, 5.41) is 23.6. The molecular weight excluding hydrogens is 434 g/mol. The number of hydrogen-bond donors (Lipinski definition) is 2. The lowest BCUT2D eigenvalue weighted by molar-refractivity contribution is -0.138. The number of aryl methyl sites for hydroxylation is 1. The van der Waals surface area contributed by atoms with Crippen molar-refractivity contribution >= 4 is 5.97 Å². The Balaban J connectivity index is 1.56. The van der Waals surface area contributed by atoms with Crippen molar-refractivity contribution in [2.75, 3.05) is 0 Å². The largest absolute Gasteiger partial charge is 0.481 e. The molecule has 0 aliphatic heterocycles. The first-order valence-corrected chi connectivity index (χ1v) is 11.4. The first kappa shape index (κ1) is 21.7. The third-order valence-corrected chi connectivity index (χ3v) is 6.35. The zero-order valence-electron chi connectivity index (χ0n) is 18.8. The Morgan fingerprint density at radius 1 is 1.21 bits per heavy atom. The second kappa shape index (κ2) is 9.05. The minimum atomic E-state index is -0.854. The highest BCUT2D eigenvalue weighted by atomic mass is 16.4. The number of rotatable bonds is 9. The second-order valence-corrected chi connectivity index (χ2v) is 8.58. The molecule has 10 heteroatoms. The summed E-state index contributed by atoms with van der Waals surface area (Å²) in [6.45, 7) is 2.44. The smallest absolute Gasteiger partial charge is 0.328 e. The van der Waals surface area contributed by atoms with Crippen molar-refractivity contribution in [2.45, 2.75) is 45.2 Å². The molecule has 4 aromatic rings. The molecule has 2 atom stereocenters. The quantitative estimate of drug-likeness (QED) is 0.393. The fourth-order valence-corrected chi connectivity index (χ4v) is 4.45. The molecule has 0 spiro atoms. The fraction of sp³-hybridized carbons (Fsp3) is 0.333. The van der Waals surface area contributed by atoms with Crippen LogP contribution < -0.4 is 5.69 Å². The normalized spacial score (nSPS) is 17.1. The zero-order valence-corrected chi connectivity index (χ0v) is 18.8. The van der Waals surface area contributed by atoms with Crippen LogP contribution in [0.5, 0.6) is 0 Å². The van der Waals surface area contributed by atoms with Gasteiger partial charge in [0.1, 0.15) is 0 Å². The number of pyridine rings is 1. The summed E-state index contributed by atoms with van der Waals surface area (Å²) in [7, 11) is 0. The van der Waals surface area contributed by atoms with Gasteiger partial charge in [-0.1, -0.05) is 37.6 Å². The van der Waals surface area contributed by atoms with Gasteiger partial charge in [-0.3, -0.25) is 18.9 Å². The lowest BCUT2D eigenvalue weighted by Gasteiger charge is -2.14. The average Bonchev–Trinajstić information content (AvgIpc) is 3.34.